The zero-order valence-corrected chi connectivity index (χ0v) is 19.2. The molecule has 0 saturated heterocycles. The first kappa shape index (κ1) is 26.8. The fraction of sp³-hybridized carbons (Fsp3) is 0.333. The predicted molar refractivity (Wildman–Crippen MR) is 119 cm³/mol. The van der Waals surface area contributed by atoms with Crippen molar-refractivity contribution in [2.75, 3.05) is 6.61 Å². The van der Waals surface area contributed by atoms with Crippen LogP contribution in [-0.4, -0.2) is 27.9 Å². The molecule has 2 rings (SSSR count). The number of esters is 1. The molecule has 0 radical (unpaired) electrons. The Morgan fingerprint density at radius 1 is 0.824 bits per heavy atom. The molecule has 12 nitrogen and oxygen atoms in total. The molecule has 34 heavy (non-hydrogen) atoms. The van der Waals surface area contributed by atoms with Crippen molar-refractivity contribution in [2.24, 2.45) is 0 Å². The maximum Gasteiger partial charge on any atom is 0.397 e. The quantitative estimate of drug-likeness (QED) is 0.156. The summed E-state index contributed by atoms with van der Waals surface area (Å²) in [5.74, 6) is -0.497. The molecule has 0 aromatic heterocycles. The summed E-state index contributed by atoms with van der Waals surface area (Å²) in [6.07, 6.45) is -0.246. The van der Waals surface area contributed by atoms with Gasteiger partial charge in [0.25, 0.3) is 11.4 Å². The first-order valence-corrected chi connectivity index (χ1v) is 11.7. The van der Waals surface area contributed by atoms with E-state index in [2.05, 4.69) is 0 Å². The second kappa shape index (κ2) is 12.7. The number of nitro groups is 2. The van der Waals surface area contributed by atoms with Gasteiger partial charge in [-0.1, -0.05) is 0 Å². The maximum absolute atomic E-state index is 13.3. The molecule has 0 saturated carbocycles. The predicted octanol–water partition coefficient (Wildman–Crippen LogP) is 4.69. The van der Waals surface area contributed by atoms with Crippen LogP contribution in [0.4, 0.5) is 11.4 Å². The summed E-state index contributed by atoms with van der Waals surface area (Å²) < 4.78 is 28.8. The minimum Gasteiger partial charge on any atom is -0.466 e. The number of rotatable bonds is 14. The van der Waals surface area contributed by atoms with Gasteiger partial charge in [-0.3, -0.25) is 43.4 Å². The second-order valence-electron chi connectivity index (χ2n) is 6.94. The van der Waals surface area contributed by atoms with Crippen LogP contribution in [0.5, 0.6) is 0 Å². The van der Waals surface area contributed by atoms with E-state index in [1.54, 1.807) is 6.92 Å². The minimum absolute atomic E-state index is 0.0513. The Bertz CT molecular complexity index is 1000. The molecule has 0 spiro atoms. The molecule has 0 atom stereocenters. The molecule has 0 unspecified atom stereocenters. The molecule has 2 aromatic carbocycles. The first-order valence-electron chi connectivity index (χ1n) is 10.2. The van der Waals surface area contributed by atoms with Gasteiger partial charge in [0.2, 0.25) is 5.52 Å². The van der Waals surface area contributed by atoms with Crippen LogP contribution < -0.4 is 0 Å². The summed E-state index contributed by atoms with van der Waals surface area (Å²) in [5, 5.41) is 21.6. The van der Waals surface area contributed by atoms with Gasteiger partial charge in [-0.2, -0.15) is 0 Å². The monoisotopic (exact) mass is 494 g/mol. The molecule has 182 valence electrons. The van der Waals surface area contributed by atoms with Crippen LogP contribution in [0, 0.1) is 20.2 Å². The summed E-state index contributed by atoms with van der Waals surface area (Å²) in [6.45, 7) is 1.20. The minimum atomic E-state index is -4.34. The number of hydrogen-bond donors (Lipinski definition) is 0. The molecular weight excluding hydrogens is 471 g/mol. The van der Waals surface area contributed by atoms with E-state index in [9.17, 15) is 34.4 Å². The lowest BCUT2D eigenvalue weighted by Gasteiger charge is -2.17. The SMILES string of the molecule is CCOC(=O)CCCC(=O)P(=O)(OCc1ccc([N+](=O)[O-])cc1)OCc1ccc([N+](=O)[O-])cc1. The van der Waals surface area contributed by atoms with Crippen molar-refractivity contribution in [3.8, 4) is 0 Å². The number of hydrogen-bond acceptors (Lipinski definition) is 10. The number of nitro benzene ring substituents is 2. The topological polar surface area (TPSA) is 165 Å². The number of ether oxygens (including phenoxy) is 1. The zero-order chi connectivity index (χ0) is 25.1. The molecule has 0 heterocycles. The van der Waals surface area contributed by atoms with E-state index < -0.39 is 28.9 Å². The van der Waals surface area contributed by atoms with E-state index in [-0.39, 0.29) is 50.5 Å². The molecule has 0 N–H and O–H groups in total. The van der Waals surface area contributed by atoms with Crippen LogP contribution in [0.3, 0.4) is 0 Å². The van der Waals surface area contributed by atoms with Crippen LogP contribution in [0.25, 0.3) is 0 Å². The van der Waals surface area contributed by atoms with Crippen LogP contribution in [0.2, 0.25) is 0 Å². The first-order chi connectivity index (χ1) is 16.1. The molecule has 0 bridgehead atoms. The van der Waals surface area contributed by atoms with Crippen LogP contribution in [0.1, 0.15) is 37.3 Å². The summed E-state index contributed by atoms with van der Waals surface area (Å²) >= 11 is 0. The average molecular weight is 494 g/mol. The Morgan fingerprint density at radius 3 is 1.65 bits per heavy atom. The van der Waals surface area contributed by atoms with Gasteiger partial charge in [-0.05, 0) is 48.7 Å². The summed E-state index contributed by atoms with van der Waals surface area (Å²) in [5.41, 5.74) is -0.290. The Balaban J connectivity index is 2.09. The van der Waals surface area contributed by atoms with E-state index in [0.717, 1.165) is 0 Å². The molecule has 2 aromatic rings. The third-order valence-electron chi connectivity index (χ3n) is 4.48. The van der Waals surface area contributed by atoms with Gasteiger partial charge < -0.3 is 4.74 Å². The molecule has 0 fully saturated rings. The van der Waals surface area contributed by atoms with Crippen LogP contribution in [0.15, 0.2) is 48.5 Å². The Hall–Kier alpha value is -3.47. The number of carbonyl (C=O) groups excluding carboxylic acids is 2. The highest BCUT2D eigenvalue weighted by molar-refractivity contribution is 7.71. The lowest BCUT2D eigenvalue weighted by atomic mass is 10.2. The van der Waals surface area contributed by atoms with Crippen molar-refractivity contribution in [3.05, 3.63) is 79.9 Å². The highest BCUT2D eigenvalue weighted by Crippen LogP contribution is 2.52. The van der Waals surface area contributed by atoms with Gasteiger partial charge in [-0.25, -0.2) is 0 Å². The van der Waals surface area contributed by atoms with Gasteiger partial charge in [0.1, 0.15) is 0 Å². The van der Waals surface area contributed by atoms with Crippen molar-refractivity contribution >= 4 is 30.5 Å². The highest BCUT2D eigenvalue weighted by Gasteiger charge is 2.34. The normalized spacial score (nSPS) is 11.1. The maximum atomic E-state index is 13.3. The van der Waals surface area contributed by atoms with Crippen molar-refractivity contribution in [1.82, 2.24) is 0 Å². The van der Waals surface area contributed by atoms with Gasteiger partial charge >= 0.3 is 13.6 Å². The summed E-state index contributed by atoms with van der Waals surface area (Å²) in [4.78, 5) is 44.6. The average Bonchev–Trinajstić information content (AvgIpc) is 2.82. The van der Waals surface area contributed by atoms with E-state index in [4.69, 9.17) is 13.8 Å². The van der Waals surface area contributed by atoms with Crippen LogP contribution in [-0.2, 0) is 41.2 Å². The Labute approximate surface area is 194 Å². The van der Waals surface area contributed by atoms with Gasteiger partial charge in [0.15, 0.2) is 0 Å². The highest BCUT2D eigenvalue weighted by atomic mass is 31.2. The zero-order valence-electron chi connectivity index (χ0n) is 18.3. The lowest BCUT2D eigenvalue weighted by Crippen LogP contribution is -2.09. The fourth-order valence-electron chi connectivity index (χ4n) is 2.68. The molecule has 0 aliphatic heterocycles. The van der Waals surface area contributed by atoms with E-state index in [1.807, 2.05) is 0 Å². The molecule has 13 heteroatoms. The number of non-ortho nitro benzene ring substituents is 2. The number of carbonyl (C=O) groups is 2. The standard InChI is InChI=1S/C21H23N2O10P/c1-2-31-20(24)4-3-5-21(25)34(30,32-14-16-6-10-18(11-7-16)22(26)27)33-15-17-8-12-19(13-9-17)23(28)29/h6-13H,2-5,14-15H2,1H3. The molecule has 0 amide bonds. The molecule has 0 aliphatic rings. The van der Waals surface area contributed by atoms with Crippen molar-refractivity contribution in [3.63, 3.8) is 0 Å². The largest absolute Gasteiger partial charge is 0.466 e. The van der Waals surface area contributed by atoms with E-state index in [1.165, 1.54) is 48.5 Å². The third kappa shape index (κ3) is 8.14. The molecule has 0 aliphatic carbocycles. The van der Waals surface area contributed by atoms with Gasteiger partial charge in [0, 0.05) is 37.1 Å². The third-order valence-corrected chi connectivity index (χ3v) is 6.25. The molecular formula is C21H23N2O10P. The van der Waals surface area contributed by atoms with Gasteiger partial charge in [0.05, 0.1) is 29.7 Å². The Morgan fingerprint density at radius 2 is 1.26 bits per heavy atom. The number of benzene rings is 2. The summed E-state index contributed by atoms with van der Waals surface area (Å²) in [7, 11) is -4.34. The summed E-state index contributed by atoms with van der Waals surface area (Å²) in [6, 6.07) is 10.5. The number of nitrogens with zero attached hydrogens (tertiary/aromatic N) is 2. The van der Waals surface area contributed by atoms with Crippen molar-refractivity contribution < 1.29 is 37.8 Å². The Kier molecular flexibility index (Phi) is 9.99. The smallest absolute Gasteiger partial charge is 0.397 e. The lowest BCUT2D eigenvalue weighted by molar-refractivity contribution is -0.385. The fourth-order valence-corrected chi connectivity index (χ4v) is 4.11. The second-order valence-corrected chi connectivity index (χ2v) is 8.95. The van der Waals surface area contributed by atoms with Gasteiger partial charge in [-0.15, -0.1) is 0 Å². The van der Waals surface area contributed by atoms with Crippen LogP contribution >= 0.6 is 7.60 Å². The van der Waals surface area contributed by atoms with E-state index >= 15 is 0 Å². The van der Waals surface area contributed by atoms with E-state index in [0.29, 0.717) is 11.1 Å². The van der Waals surface area contributed by atoms with Crippen molar-refractivity contribution in [1.29, 1.82) is 0 Å². The van der Waals surface area contributed by atoms with Crippen molar-refractivity contribution in [2.45, 2.75) is 39.4 Å².